The van der Waals surface area contributed by atoms with E-state index in [1.165, 1.54) is 16.8 Å². The molecule has 1 amide bonds. The maximum absolute atomic E-state index is 12.2. The molecule has 0 aliphatic carbocycles. The summed E-state index contributed by atoms with van der Waals surface area (Å²) in [5.74, 6) is 0.0426. The van der Waals surface area contributed by atoms with Crippen molar-refractivity contribution in [1.82, 2.24) is 5.32 Å². The van der Waals surface area contributed by atoms with Gasteiger partial charge in [0.1, 0.15) is 0 Å². The Morgan fingerprint density at radius 3 is 2.38 bits per heavy atom. The van der Waals surface area contributed by atoms with Gasteiger partial charge in [0.2, 0.25) is 5.91 Å². The monoisotopic (exact) mass is 353 g/mol. The van der Waals surface area contributed by atoms with Gasteiger partial charge in [0.25, 0.3) is 0 Å². The minimum atomic E-state index is 0.0426. The van der Waals surface area contributed by atoms with E-state index in [-0.39, 0.29) is 5.91 Å². The van der Waals surface area contributed by atoms with Crippen molar-refractivity contribution in [3.63, 3.8) is 0 Å². The first-order valence-electron chi connectivity index (χ1n) is 9.45. The van der Waals surface area contributed by atoms with E-state index in [1.807, 2.05) is 25.1 Å². The van der Waals surface area contributed by atoms with Crippen LogP contribution in [0.25, 0.3) is 0 Å². The lowest BCUT2D eigenvalue weighted by Gasteiger charge is -2.22. The maximum Gasteiger partial charge on any atom is 0.225 e. The molecule has 2 N–H and O–H groups in total. The summed E-state index contributed by atoms with van der Waals surface area (Å²) in [5.41, 5.74) is 5.73. The molecule has 4 heteroatoms. The highest BCUT2D eigenvalue weighted by Crippen LogP contribution is 2.22. The predicted molar refractivity (Wildman–Crippen MR) is 111 cm³/mol. The second-order valence-corrected chi connectivity index (χ2v) is 6.57. The van der Waals surface area contributed by atoms with Crippen LogP contribution in [0.5, 0.6) is 0 Å². The van der Waals surface area contributed by atoms with Crippen LogP contribution >= 0.6 is 0 Å². The van der Waals surface area contributed by atoms with Gasteiger partial charge in [-0.05, 0) is 62.6 Å². The zero-order chi connectivity index (χ0) is 18.9. The van der Waals surface area contributed by atoms with Crippen LogP contribution in [0.1, 0.15) is 37.0 Å². The Morgan fingerprint density at radius 1 is 1.00 bits per heavy atom. The number of amides is 1. The first-order valence-corrected chi connectivity index (χ1v) is 9.45. The highest BCUT2D eigenvalue weighted by atomic mass is 16.1. The van der Waals surface area contributed by atoms with E-state index in [9.17, 15) is 4.79 Å². The summed E-state index contributed by atoms with van der Waals surface area (Å²) in [7, 11) is 0. The van der Waals surface area contributed by atoms with Crippen LogP contribution in [-0.2, 0) is 11.3 Å². The molecule has 0 heterocycles. The molecule has 2 aromatic carbocycles. The van der Waals surface area contributed by atoms with Crippen LogP contribution in [0.2, 0.25) is 0 Å². The number of hydrogen-bond acceptors (Lipinski definition) is 3. The van der Waals surface area contributed by atoms with E-state index in [0.717, 1.165) is 30.9 Å². The Hall–Kier alpha value is -2.33. The topological polar surface area (TPSA) is 44.4 Å². The van der Waals surface area contributed by atoms with E-state index in [0.29, 0.717) is 13.0 Å². The van der Waals surface area contributed by atoms with Crippen molar-refractivity contribution in [3.8, 4) is 0 Å². The van der Waals surface area contributed by atoms with Crippen molar-refractivity contribution in [2.75, 3.05) is 29.9 Å². The lowest BCUT2D eigenvalue weighted by molar-refractivity contribution is -0.116. The summed E-state index contributed by atoms with van der Waals surface area (Å²) in [6, 6.07) is 14.5. The number of carbonyl (C=O) groups is 1. The molecular weight excluding hydrogens is 322 g/mol. The van der Waals surface area contributed by atoms with E-state index >= 15 is 0 Å². The van der Waals surface area contributed by atoms with E-state index < -0.39 is 0 Å². The molecule has 0 aliphatic rings. The van der Waals surface area contributed by atoms with E-state index in [2.05, 4.69) is 60.6 Å². The average molecular weight is 354 g/mol. The first-order chi connectivity index (χ1) is 12.5. The van der Waals surface area contributed by atoms with E-state index in [1.54, 1.807) is 0 Å². The van der Waals surface area contributed by atoms with Gasteiger partial charge in [0.05, 0.1) is 0 Å². The molecule has 0 fully saturated rings. The lowest BCUT2D eigenvalue weighted by atomic mass is 10.1. The Balaban J connectivity index is 1.81. The van der Waals surface area contributed by atoms with Crippen LogP contribution in [-0.4, -0.2) is 25.5 Å². The van der Waals surface area contributed by atoms with Gasteiger partial charge in [-0.25, -0.2) is 0 Å². The van der Waals surface area contributed by atoms with Crippen LogP contribution in [0.3, 0.4) is 0 Å². The van der Waals surface area contributed by atoms with E-state index in [4.69, 9.17) is 0 Å². The van der Waals surface area contributed by atoms with Crippen molar-refractivity contribution in [2.24, 2.45) is 0 Å². The standard InChI is InChI=1S/C22H31N3O/c1-5-25(6-2)20-11-12-21(18(4)15-20)24-22(26)13-14-23-16-19-10-8-7-9-17(19)3/h7-12,15,23H,5-6,13-14,16H2,1-4H3,(H,24,26). The summed E-state index contributed by atoms with van der Waals surface area (Å²) in [6.07, 6.45) is 0.461. The molecule has 0 radical (unpaired) electrons. The van der Waals surface area contributed by atoms with Crippen molar-refractivity contribution in [1.29, 1.82) is 0 Å². The van der Waals surface area contributed by atoms with Gasteiger partial charge in [-0.15, -0.1) is 0 Å². The third kappa shape index (κ3) is 5.60. The molecule has 2 rings (SSSR count). The fourth-order valence-corrected chi connectivity index (χ4v) is 3.02. The number of aryl methyl sites for hydroxylation is 2. The average Bonchev–Trinajstić information content (AvgIpc) is 2.63. The zero-order valence-corrected chi connectivity index (χ0v) is 16.4. The molecule has 2 aromatic rings. The van der Waals surface area contributed by atoms with Gasteiger partial charge >= 0.3 is 0 Å². The van der Waals surface area contributed by atoms with Crippen LogP contribution in [0.4, 0.5) is 11.4 Å². The van der Waals surface area contributed by atoms with Crippen LogP contribution in [0, 0.1) is 13.8 Å². The van der Waals surface area contributed by atoms with Crippen LogP contribution < -0.4 is 15.5 Å². The summed E-state index contributed by atoms with van der Waals surface area (Å²) in [4.78, 5) is 14.5. The minimum Gasteiger partial charge on any atom is -0.372 e. The summed E-state index contributed by atoms with van der Waals surface area (Å²) < 4.78 is 0. The second kappa shape index (κ2) is 9.97. The number of carbonyl (C=O) groups excluding carboxylic acids is 1. The van der Waals surface area contributed by atoms with Crippen molar-refractivity contribution in [2.45, 2.75) is 40.7 Å². The Kier molecular flexibility index (Phi) is 7.67. The van der Waals surface area contributed by atoms with Crippen molar-refractivity contribution >= 4 is 17.3 Å². The van der Waals surface area contributed by atoms with Gasteiger partial charge in [-0.2, -0.15) is 0 Å². The zero-order valence-electron chi connectivity index (χ0n) is 16.4. The number of nitrogens with zero attached hydrogens (tertiary/aromatic N) is 1. The number of anilines is 2. The predicted octanol–water partition coefficient (Wildman–Crippen LogP) is 4.27. The van der Waals surface area contributed by atoms with Crippen molar-refractivity contribution < 1.29 is 4.79 Å². The minimum absolute atomic E-state index is 0.0426. The Morgan fingerprint density at radius 2 is 1.73 bits per heavy atom. The molecule has 0 unspecified atom stereocenters. The highest BCUT2D eigenvalue weighted by molar-refractivity contribution is 5.91. The highest BCUT2D eigenvalue weighted by Gasteiger charge is 2.08. The van der Waals surface area contributed by atoms with Crippen molar-refractivity contribution in [3.05, 3.63) is 59.2 Å². The molecule has 0 saturated carbocycles. The molecule has 0 aromatic heterocycles. The summed E-state index contributed by atoms with van der Waals surface area (Å²) in [5, 5.41) is 6.37. The molecule has 0 spiro atoms. The molecular formula is C22H31N3O. The quantitative estimate of drug-likeness (QED) is 0.662. The lowest BCUT2D eigenvalue weighted by Crippen LogP contribution is -2.23. The number of nitrogens with one attached hydrogen (secondary N) is 2. The molecule has 4 nitrogen and oxygen atoms in total. The Labute approximate surface area is 157 Å². The molecule has 26 heavy (non-hydrogen) atoms. The van der Waals surface area contributed by atoms with Gasteiger partial charge in [0.15, 0.2) is 0 Å². The van der Waals surface area contributed by atoms with Gasteiger partial charge < -0.3 is 15.5 Å². The third-order valence-electron chi connectivity index (χ3n) is 4.72. The van der Waals surface area contributed by atoms with Gasteiger partial charge in [0, 0.05) is 44.0 Å². The maximum atomic E-state index is 12.2. The van der Waals surface area contributed by atoms with Gasteiger partial charge in [-0.3, -0.25) is 4.79 Å². The fraction of sp³-hybridized carbons (Fsp3) is 0.409. The smallest absolute Gasteiger partial charge is 0.225 e. The number of benzene rings is 2. The third-order valence-corrected chi connectivity index (χ3v) is 4.72. The largest absolute Gasteiger partial charge is 0.372 e. The Bertz CT molecular complexity index is 723. The summed E-state index contributed by atoms with van der Waals surface area (Å²) >= 11 is 0. The second-order valence-electron chi connectivity index (χ2n) is 6.57. The molecule has 0 bridgehead atoms. The fourth-order valence-electron chi connectivity index (χ4n) is 3.02. The molecule has 0 atom stereocenters. The SMILES string of the molecule is CCN(CC)c1ccc(NC(=O)CCNCc2ccccc2C)c(C)c1. The normalized spacial score (nSPS) is 10.6. The van der Waals surface area contributed by atoms with Crippen LogP contribution in [0.15, 0.2) is 42.5 Å². The number of rotatable bonds is 9. The molecule has 0 saturated heterocycles. The van der Waals surface area contributed by atoms with Gasteiger partial charge in [-0.1, -0.05) is 24.3 Å². The molecule has 140 valence electrons. The molecule has 0 aliphatic heterocycles. The number of hydrogen-bond donors (Lipinski definition) is 2. The first kappa shape index (κ1) is 20.0. The summed E-state index contributed by atoms with van der Waals surface area (Å²) in [6.45, 7) is 11.9.